The number of fused-ring (bicyclic) bond motifs is 1. The van der Waals surface area contributed by atoms with Crippen molar-refractivity contribution in [3.63, 3.8) is 0 Å². The first-order valence-electron chi connectivity index (χ1n) is 6.68. The summed E-state index contributed by atoms with van der Waals surface area (Å²) in [7, 11) is 1.99. The molecule has 2 heterocycles. The lowest BCUT2D eigenvalue weighted by Crippen LogP contribution is -2.27. The first-order chi connectivity index (χ1) is 9.24. The zero-order chi connectivity index (χ0) is 13.2. The fraction of sp³-hybridized carbons (Fsp3) is 0.400. The van der Waals surface area contributed by atoms with E-state index in [1.54, 1.807) is 0 Å². The minimum atomic E-state index is 0.361. The number of para-hydroxylation sites is 1. The van der Waals surface area contributed by atoms with Crippen LogP contribution in [0.1, 0.15) is 29.4 Å². The zero-order valence-corrected chi connectivity index (χ0v) is 11.4. The van der Waals surface area contributed by atoms with Gasteiger partial charge in [-0.25, -0.2) is 0 Å². The molecule has 0 aliphatic carbocycles. The van der Waals surface area contributed by atoms with Crippen molar-refractivity contribution in [2.75, 3.05) is 6.61 Å². The van der Waals surface area contributed by atoms with Crippen LogP contribution in [0.3, 0.4) is 0 Å². The highest BCUT2D eigenvalue weighted by molar-refractivity contribution is 5.37. The summed E-state index contributed by atoms with van der Waals surface area (Å²) in [5.41, 5.74) is 3.53. The van der Waals surface area contributed by atoms with E-state index in [1.165, 1.54) is 11.3 Å². The van der Waals surface area contributed by atoms with Crippen molar-refractivity contribution in [1.82, 2.24) is 15.1 Å². The van der Waals surface area contributed by atoms with E-state index in [-0.39, 0.29) is 0 Å². The molecule has 1 atom stereocenters. The van der Waals surface area contributed by atoms with Crippen molar-refractivity contribution < 1.29 is 4.74 Å². The fourth-order valence-electron chi connectivity index (χ4n) is 2.61. The highest BCUT2D eigenvalue weighted by Crippen LogP contribution is 2.31. The molecule has 0 saturated heterocycles. The number of hydrogen-bond donors (Lipinski definition) is 1. The SMILES string of the molecule is Cc1cc(CNC2CCOc3ccccc32)n(C)n1. The van der Waals surface area contributed by atoms with Crippen molar-refractivity contribution in [1.29, 1.82) is 0 Å². The molecule has 1 N–H and O–H groups in total. The number of hydrogen-bond acceptors (Lipinski definition) is 3. The normalized spacial score (nSPS) is 17.9. The minimum absolute atomic E-state index is 0.361. The molecule has 0 radical (unpaired) electrons. The topological polar surface area (TPSA) is 39.1 Å². The van der Waals surface area contributed by atoms with Gasteiger partial charge in [-0.3, -0.25) is 4.68 Å². The molecule has 1 aromatic heterocycles. The quantitative estimate of drug-likeness (QED) is 0.917. The Morgan fingerprint density at radius 3 is 3.05 bits per heavy atom. The lowest BCUT2D eigenvalue weighted by Gasteiger charge is -2.26. The molecule has 0 amide bonds. The van der Waals surface area contributed by atoms with E-state index >= 15 is 0 Å². The molecule has 4 heteroatoms. The van der Waals surface area contributed by atoms with Gasteiger partial charge in [0.2, 0.25) is 0 Å². The summed E-state index contributed by atoms with van der Waals surface area (Å²) in [5, 5.41) is 7.98. The third kappa shape index (κ3) is 2.49. The van der Waals surface area contributed by atoms with Crippen molar-refractivity contribution in [3.8, 4) is 5.75 Å². The standard InChI is InChI=1S/C15H19N3O/c1-11-9-12(18(2)17-11)10-16-14-7-8-19-15-6-4-3-5-13(14)15/h3-6,9,14,16H,7-8,10H2,1-2H3. The Labute approximate surface area is 113 Å². The number of ether oxygens (including phenoxy) is 1. The summed E-state index contributed by atoms with van der Waals surface area (Å²) < 4.78 is 7.61. The Bertz CT molecular complexity index is 577. The molecule has 2 aromatic rings. The van der Waals surface area contributed by atoms with E-state index < -0.39 is 0 Å². The molecule has 1 aliphatic heterocycles. The molecule has 1 unspecified atom stereocenters. The van der Waals surface area contributed by atoms with Crippen LogP contribution in [0, 0.1) is 6.92 Å². The van der Waals surface area contributed by atoms with Gasteiger partial charge in [-0.1, -0.05) is 18.2 Å². The van der Waals surface area contributed by atoms with Crippen LogP contribution >= 0.6 is 0 Å². The highest BCUT2D eigenvalue weighted by atomic mass is 16.5. The van der Waals surface area contributed by atoms with Gasteiger partial charge in [0.25, 0.3) is 0 Å². The molecule has 0 spiro atoms. The maximum Gasteiger partial charge on any atom is 0.124 e. The maximum absolute atomic E-state index is 5.68. The van der Waals surface area contributed by atoms with E-state index in [2.05, 4.69) is 28.6 Å². The van der Waals surface area contributed by atoms with Crippen LogP contribution in [0.5, 0.6) is 5.75 Å². The van der Waals surface area contributed by atoms with Gasteiger partial charge in [0, 0.05) is 31.6 Å². The van der Waals surface area contributed by atoms with Gasteiger partial charge in [-0.15, -0.1) is 0 Å². The summed E-state index contributed by atoms with van der Waals surface area (Å²) in [4.78, 5) is 0. The van der Waals surface area contributed by atoms with Crippen LogP contribution < -0.4 is 10.1 Å². The second-order valence-corrected chi connectivity index (χ2v) is 5.01. The van der Waals surface area contributed by atoms with Gasteiger partial charge < -0.3 is 10.1 Å². The van der Waals surface area contributed by atoms with Crippen molar-refractivity contribution >= 4 is 0 Å². The van der Waals surface area contributed by atoms with Crippen LogP contribution in [-0.4, -0.2) is 16.4 Å². The fourth-order valence-corrected chi connectivity index (χ4v) is 2.61. The molecule has 3 rings (SSSR count). The summed E-state index contributed by atoms with van der Waals surface area (Å²) in [5.74, 6) is 1.01. The molecule has 0 bridgehead atoms. The van der Waals surface area contributed by atoms with Crippen LogP contribution in [0.25, 0.3) is 0 Å². The van der Waals surface area contributed by atoms with Crippen LogP contribution in [0.15, 0.2) is 30.3 Å². The molecule has 0 fully saturated rings. The molecule has 0 saturated carbocycles. The minimum Gasteiger partial charge on any atom is -0.493 e. The summed E-state index contributed by atoms with van der Waals surface area (Å²) in [6, 6.07) is 10.7. The molecule has 4 nitrogen and oxygen atoms in total. The number of rotatable bonds is 3. The number of benzene rings is 1. The Balaban J connectivity index is 1.73. The second-order valence-electron chi connectivity index (χ2n) is 5.01. The van der Waals surface area contributed by atoms with Crippen LogP contribution in [0.4, 0.5) is 0 Å². The number of aromatic nitrogens is 2. The van der Waals surface area contributed by atoms with Crippen LogP contribution in [0.2, 0.25) is 0 Å². The summed E-state index contributed by atoms with van der Waals surface area (Å²) in [6.07, 6.45) is 1.01. The smallest absolute Gasteiger partial charge is 0.124 e. The van der Waals surface area contributed by atoms with Crippen LogP contribution in [-0.2, 0) is 13.6 Å². The average molecular weight is 257 g/mol. The largest absolute Gasteiger partial charge is 0.493 e. The van der Waals surface area contributed by atoms with Gasteiger partial charge in [-0.2, -0.15) is 5.10 Å². The van der Waals surface area contributed by atoms with E-state index in [0.29, 0.717) is 6.04 Å². The van der Waals surface area contributed by atoms with Gasteiger partial charge in [0.05, 0.1) is 18.0 Å². The Hall–Kier alpha value is -1.81. The molecule has 19 heavy (non-hydrogen) atoms. The predicted molar refractivity (Wildman–Crippen MR) is 74.1 cm³/mol. The highest BCUT2D eigenvalue weighted by Gasteiger charge is 2.20. The summed E-state index contributed by atoms with van der Waals surface area (Å²) in [6.45, 7) is 3.63. The van der Waals surface area contributed by atoms with Gasteiger partial charge in [-0.05, 0) is 19.1 Å². The molecular formula is C15H19N3O. The van der Waals surface area contributed by atoms with E-state index in [1.807, 2.05) is 30.8 Å². The second kappa shape index (κ2) is 5.05. The van der Waals surface area contributed by atoms with Gasteiger partial charge in [0.15, 0.2) is 0 Å². The van der Waals surface area contributed by atoms with E-state index in [9.17, 15) is 0 Å². The Morgan fingerprint density at radius 1 is 1.42 bits per heavy atom. The van der Waals surface area contributed by atoms with Crippen molar-refractivity contribution in [2.24, 2.45) is 7.05 Å². The lowest BCUT2D eigenvalue weighted by atomic mass is 10.0. The van der Waals surface area contributed by atoms with Crippen molar-refractivity contribution in [3.05, 3.63) is 47.3 Å². The summed E-state index contributed by atoms with van der Waals surface area (Å²) >= 11 is 0. The molecule has 1 aromatic carbocycles. The number of nitrogens with zero attached hydrogens (tertiary/aromatic N) is 2. The Kier molecular flexibility index (Phi) is 3.25. The number of aryl methyl sites for hydroxylation is 2. The molecule has 100 valence electrons. The first kappa shape index (κ1) is 12.2. The van der Waals surface area contributed by atoms with E-state index in [0.717, 1.165) is 31.0 Å². The first-order valence-corrected chi connectivity index (χ1v) is 6.68. The van der Waals surface area contributed by atoms with Gasteiger partial charge in [0.1, 0.15) is 5.75 Å². The average Bonchev–Trinajstić information content (AvgIpc) is 2.74. The lowest BCUT2D eigenvalue weighted by molar-refractivity contribution is 0.251. The zero-order valence-electron chi connectivity index (χ0n) is 11.4. The Morgan fingerprint density at radius 2 is 2.26 bits per heavy atom. The van der Waals surface area contributed by atoms with Crippen molar-refractivity contribution in [2.45, 2.75) is 25.9 Å². The van der Waals surface area contributed by atoms with E-state index in [4.69, 9.17) is 4.74 Å². The number of nitrogens with one attached hydrogen (secondary N) is 1. The third-order valence-corrected chi connectivity index (χ3v) is 3.59. The van der Waals surface area contributed by atoms with Gasteiger partial charge >= 0.3 is 0 Å². The third-order valence-electron chi connectivity index (χ3n) is 3.59. The molecule has 1 aliphatic rings. The monoisotopic (exact) mass is 257 g/mol. The predicted octanol–water partition coefficient (Wildman–Crippen LogP) is 2.34. The maximum atomic E-state index is 5.68. The molecular weight excluding hydrogens is 238 g/mol.